The predicted molar refractivity (Wildman–Crippen MR) is 102 cm³/mol. The summed E-state index contributed by atoms with van der Waals surface area (Å²) in [4.78, 5) is 46.7. The topological polar surface area (TPSA) is 150 Å². The van der Waals surface area contributed by atoms with Crippen LogP contribution in [0.25, 0.3) is 0 Å². The number of amides is 2. The molecule has 3 N–H and O–H groups in total. The number of oxime groups is 1. The van der Waals surface area contributed by atoms with Gasteiger partial charge in [0, 0.05) is 11.1 Å². The van der Waals surface area contributed by atoms with Crippen LogP contribution in [0.3, 0.4) is 0 Å². The van der Waals surface area contributed by atoms with Gasteiger partial charge in [-0.3, -0.25) is 14.5 Å². The minimum atomic E-state index is -1.46. The molecule has 2 amide bonds. The molecule has 0 spiro atoms. The van der Waals surface area contributed by atoms with Crippen molar-refractivity contribution in [2.45, 2.75) is 18.3 Å². The molecule has 0 aliphatic carbocycles. The Hall–Kier alpha value is -1.86. The van der Waals surface area contributed by atoms with E-state index < -0.39 is 29.2 Å². The number of aliphatic carboxylic acids is 1. The molecule has 29 heavy (non-hydrogen) atoms. The van der Waals surface area contributed by atoms with Crippen LogP contribution in [0, 0.1) is 0 Å². The fourth-order valence-corrected chi connectivity index (χ4v) is 4.62. The molecule has 0 saturated carbocycles. The second kappa shape index (κ2) is 9.76. The molecule has 10 nitrogen and oxygen atoms in total. The molecule has 0 bridgehead atoms. The van der Waals surface area contributed by atoms with Gasteiger partial charge in [0.05, 0.1) is 11.7 Å². The standard InChI is InChI=1S/C16H17N5O5S2.Na/c1-3-7-5-27-14-10(13(23)21(14)11(7)15(24)25)19-12(22)9(20-26-4-2)8-6-28-16(17)18-8;/h3,6,10,14H,1,4-5H2,2H3,(H2,17,18)(H,19,22)(H,24,25);/q;+1/p-1/b20-9+;. The SMILES string of the molecule is C=CC1=C(C(=O)[O-])N2C(=O)C(NC(=O)/C(=N/OCC)c3csc(N)n3)C2SC1.[Na+]. The van der Waals surface area contributed by atoms with Crippen LogP contribution in [0.2, 0.25) is 0 Å². The number of carbonyl (C=O) groups is 3. The van der Waals surface area contributed by atoms with Crippen molar-refractivity contribution in [1.82, 2.24) is 15.2 Å². The number of carbonyl (C=O) groups excluding carboxylic acids is 3. The molecule has 1 aromatic heterocycles. The van der Waals surface area contributed by atoms with Gasteiger partial charge in [0.15, 0.2) is 10.8 Å². The third-order valence-corrected chi connectivity index (χ3v) is 5.96. The number of anilines is 1. The first kappa shape index (κ1) is 23.4. The molecule has 2 aliphatic rings. The number of fused-ring (bicyclic) bond motifs is 1. The third-order valence-electron chi connectivity index (χ3n) is 3.99. The number of nitrogens with zero attached hydrogens (tertiary/aromatic N) is 3. The van der Waals surface area contributed by atoms with E-state index in [-0.39, 0.29) is 58.4 Å². The quantitative estimate of drug-likeness (QED) is 0.187. The fourth-order valence-electron chi connectivity index (χ4n) is 2.73. The average Bonchev–Trinajstić information content (AvgIpc) is 3.10. The molecule has 3 heterocycles. The van der Waals surface area contributed by atoms with Crippen LogP contribution >= 0.6 is 23.1 Å². The molecule has 1 fully saturated rings. The summed E-state index contributed by atoms with van der Waals surface area (Å²) >= 11 is 2.45. The number of carboxylic acids is 1. The van der Waals surface area contributed by atoms with Crippen LogP contribution in [0.5, 0.6) is 0 Å². The number of β-lactam (4-membered cyclic amide) rings is 1. The van der Waals surface area contributed by atoms with Gasteiger partial charge in [-0.2, -0.15) is 0 Å². The summed E-state index contributed by atoms with van der Waals surface area (Å²) in [6, 6.07) is -0.916. The summed E-state index contributed by atoms with van der Waals surface area (Å²) in [6.07, 6.45) is 1.38. The number of hydrogen-bond donors (Lipinski definition) is 2. The Morgan fingerprint density at radius 3 is 2.86 bits per heavy atom. The van der Waals surface area contributed by atoms with Crippen molar-refractivity contribution in [3.63, 3.8) is 0 Å². The van der Waals surface area contributed by atoms with Gasteiger partial charge in [-0.05, 0) is 12.5 Å². The first-order valence-electron chi connectivity index (χ1n) is 8.12. The number of aromatic nitrogens is 1. The minimum Gasteiger partial charge on any atom is -0.543 e. The molecule has 0 aromatic carbocycles. The van der Waals surface area contributed by atoms with Gasteiger partial charge >= 0.3 is 29.6 Å². The Balaban J connectivity index is 0.00000300. The number of nitrogens with one attached hydrogen (secondary N) is 1. The Bertz CT molecular complexity index is 915. The molecule has 13 heteroatoms. The van der Waals surface area contributed by atoms with Crippen LogP contribution in [0.1, 0.15) is 12.6 Å². The van der Waals surface area contributed by atoms with Crippen molar-refractivity contribution in [3.8, 4) is 0 Å². The second-order valence-corrected chi connectivity index (χ2v) is 7.65. The largest absolute Gasteiger partial charge is 1.00 e. The normalized spacial score (nSPS) is 20.9. The number of thiazole rings is 1. The van der Waals surface area contributed by atoms with E-state index in [0.717, 1.165) is 16.2 Å². The number of rotatable bonds is 7. The van der Waals surface area contributed by atoms with E-state index in [9.17, 15) is 19.5 Å². The third kappa shape index (κ3) is 4.51. The van der Waals surface area contributed by atoms with E-state index in [2.05, 4.69) is 22.0 Å². The van der Waals surface area contributed by atoms with Crippen LogP contribution < -0.4 is 45.7 Å². The Morgan fingerprint density at radius 2 is 2.31 bits per heavy atom. The summed E-state index contributed by atoms with van der Waals surface area (Å²) in [5.41, 5.74) is 5.88. The van der Waals surface area contributed by atoms with Crippen molar-refractivity contribution >= 4 is 51.7 Å². The molecule has 3 rings (SSSR count). The van der Waals surface area contributed by atoms with Crippen molar-refractivity contribution in [3.05, 3.63) is 35.0 Å². The maximum Gasteiger partial charge on any atom is 1.00 e. The van der Waals surface area contributed by atoms with Crippen molar-refractivity contribution < 1.29 is 53.9 Å². The maximum absolute atomic E-state index is 12.7. The van der Waals surface area contributed by atoms with E-state index in [0.29, 0.717) is 11.3 Å². The number of thioether (sulfide) groups is 1. The zero-order chi connectivity index (χ0) is 20.4. The Labute approximate surface area is 196 Å². The summed E-state index contributed by atoms with van der Waals surface area (Å²) in [5.74, 6) is -2.37. The monoisotopic (exact) mass is 445 g/mol. The molecule has 1 saturated heterocycles. The van der Waals surface area contributed by atoms with Crippen LogP contribution in [-0.4, -0.2) is 57.2 Å². The van der Waals surface area contributed by atoms with E-state index in [1.165, 1.54) is 17.8 Å². The molecular formula is C16H16N5NaO5S2. The Kier molecular flexibility index (Phi) is 7.88. The number of nitrogen functional groups attached to an aromatic ring is 1. The van der Waals surface area contributed by atoms with Crippen LogP contribution in [-0.2, 0) is 19.2 Å². The fraction of sp³-hybridized carbons (Fsp3) is 0.312. The van der Waals surface area contributed by atoms with Crippen molar-refractivity contribution in [1.29, 1.82) is 0 Å². The number of carboxylic acid groups (broad SMARTS) is 1. The summed E-state index contributed by atoms with van der Waals surface area (Å²) in [5, 5.41) is 19.0. The van der Waals surface area contributed by atoms with Gasteiger partial charge in [-0.1, -0.05) is 17.8 Å². The molecule has 1 aromatic rings. The average molecular weight is 445 g/mol. The van der Waals surface area contributed by atoms with E-state index in [1.807, 2.05) is 0 Å². The summed E-state index contributed by atoms with van der Waals surface area (Å²) in [7, 11) is 0. The van der Waals surface area contributed by atoms with Gasteiger partial charge in [-0.15, -0.1) is 23.1 Å². The van der Waals surface area contributed by atoms with E-state index >= 15 is 0 Å². The number of hydrogen-bond acceptors (Lipinski definition) is 10. The van der Waals surface area contributed by atoms with Gasteiger partial charge in [0.25, 0.3) is 11.8 Å². The van der Waals surface area contributed by atoms with Gasteiger partial charge in [0.1, 0.15) is 23.7 Å². The number of nitrogens with two attached hydrogens (primary N) is 1. The molecular weight excluding hydrogens is 429 g/mol. The second-order valence-electron chi connectivity index (χ2n) is 5.66. The van der Waals surface area contributed by atoms with Gasteiger partial charge in [0.2, 0.25) is 0 Å². The van der Waals surface area contributed by atoms with Crippen molar-refractivity contribution in [2.75, 3.05) is 18.1 Å². The minimum absolute atomic E-state index is 0. The summed E-state index contributed by atoms with van der Waals surface area (Å²) in [6.45, 7) is 5.50. The van der Waals surface area contributed by atoms with Crippen LogP contribution in [0.15, 0.2) is 34.5 Å². The van der Waals surface area contributed by atoms with E-state index in [4.69, 9.17) is 10.6 Å². The predicted octanol–water partition coefficient (Wildman–Crippen LogP) is -3.94. The van der Waals surface area contributed by atoms with Gasteiger partial charge in [-0.25, -0.2) is 4.98 Å². The smallest absolute Gasteiger partial charge is 0.543 e. The molecule has 2 unspecified atom stereocenters. The molecule has 2 atom stereocenters. The van der Waals surface area contributed by atoms with Crippen molar-refractivity contribution in [2.24, 2.45) is 5.16 Å². The maximum atomic E-state index is 12.7. The first-order valence-corrected chi connectivity index (χ1v) is 10.1. The zero-order valence-corrected chi connectivity index (χ0v) is 19.3. The summed E-state index contributed by atoms with van der Waals surface area (Å²) < 4.78 is 0. The zero-order valence-electron chi connectivity index (χ0n) is 15.7. The molecule has 2 aliphatic heterocycles. The van der Waals surface area contributed by atoms with E-state index in [1.54, 1.807) is 12.3 Å². The van der Waals surface area contributed by atoms with Gasteiger partial charge < -0.3 is 25.8 Å². The van der Waals surface area contributed by atoms with Crippen LogP contribution in [0.4, 0.5) is 5.13 Å². The first-order chi connectivity index (χ1) is 13.4. The Morgan fingerprint density at radius 1 is 1.59 bits per heavy atom. The number of allylic oxidation sites excluding steroid dienone is 1. The molecule has 0 radical (unpaired) electrons. The molecule has 148 valence electrons.